The minimum absolute atomic E-state index is 0.259. The molecule has 2 heterocycles. The molecule has 0 saturated carbocycles. The Morgan fingerprint density at radius 3 is 3.06 bits per heavy atom. The standard InChI is InChI=1S/C12H15ClN2O2/c1-2-3-4-17-12(16)15-7-9-5-11(13)14-6-10(9)8-15/h5-6H,2-4,7-8H2,1H3. The number of amides is 1. The minimum Gasteiger partial charge on any atom is -0.449 e. The molecule has 0 saturated heterocycles. The van der Waals surface area contributed by atoms with Crippen molar-refractivity contribution < 1.29 is 9.53 Å². The van der Waals surface area contributed by atoms with Crippen LogP contribution < -0.4 is 0 Å². The van der Waals surface area contributed by atoms with Gasteiger partial charge in [0.15, 0.2) is 0 Å². The summed E-state index contributed by atoms with van der Waals surface area (Å²) in [7, 11) is 0. The Labute approximate surface area is 106 Å². The summed E-state index contributed by atoms with van der Waals surface area (Å²) in [6, 6.07) is 1.80. The molecule has 1 aromatic heterocycles. The highest BCUT2D eigenvalue weighted by Crippen LogP contribution is 2.24. The molecular formula is C12H15ClN2O2. The molecule has 0 unspecified atom stereocenters. The molecule has 0 radical (unpaired) electrons. The lowest BCUT2D eigenvalue weighted by Crippen LogP contribution is -2.26. The predicted octanol–water partition coefficient (Wildman–Crippen LogP) is 2.99. The van der Waals surface area contributed by atoms with Crippen LogP contribution in [0, 0.1) is 0 Å². The number of halogens is 1. The molecule has 1 amide bonds. The van der Waals surface area contributed by atoms with Crippen molar-refractivity contribution in [1.29, 1.82) is 0 Å². The van der Waals surface area contributed by atoms with Crippen LogP contribution in [0.4, 0.5) is 4.79 Å². The van der Waals surface area contributed by atoms with Gasteiger partial charge in [-0.05, 0) is 23.6 Å². The van der Waals surface area contributed by atoms with Gasteiger partial charge < -0.3 is 4.74 Å². The predicted molar refractivity (Wildman–Crippen MR) is 64.8 cm³/mol. The highest BCUT2D eigenvalue weighted by molar-refractivity contribution is 6.29. The van der Waals surface area contributed by atoms with Gasteiger partial charge in [-0.3, -0.25) is 4.90 Å². The lowest BCUT2D eigenvalue weighted by molar-refractivity contribution is 0.100. The van der Waals surface area contributed by atoms with E-state index in [1.54, 1.807) is 17.2 Å². The number of nitrogens with zero attached hydrogens (tertiary/aromatic N) is 2. The first-order chi connectivity index (χ1) is 8.20. The maximum Gasteiger partial charge on any atom is 0.410 e. The van der Waals surface area contributed by atoms with Gasteiger partial charge in [0.1, 0.15) is 5.15 Å². The van der Waals surface area contributed by atoms with Gasteiger partial charge in [-0.2, -0.15) is 0 Å². The van der Waals surface area contributed by atoms with E-state index in [9.17, 15) is 4.79 Å². The van der Waals surface area contributed by atoms with Gasteiger partial charge in [-0.25, -0.2) is 9.78 Å². The Balaban J connectivity index is 1.93. The maximum absolute atomic E-state index is 11.7. The number of rotatable bonds is 3. The van der Waals surface area contributed by atoms with Crippen molar-refractivity contribution in [2.75, 3.05) is 6.61 Å². The number of carbonyl (C=O) groups excluding carboxylic acids is 1. The molecule has 1 aliphatic heterocycles. The quantitative estimate of drug-likeness (QED) is 0.615. The summed E-state index contributed by atoms with van der Waals surface area (Å²) in [5.74, 6) is 0. The summed E-state index contributed by atoms with van der Waals surface area (Å²) in [4.78, 5) is 17.4. The topological polar surface area (TPSA) is 42.4 Å². The van der Waals surface area contributed by atoms with Crippen LogP contribution in [0.3, 0.4) is 0 Å². The molecule has 0 aliphatic carbocycles. The smallest absolute Gasteiger partial charge is 0.410 e. The molecule has 1 aliphatic rings. The summed E-state index contributed by atoms with van der Waals surface area (Å²) in [6.07, 6.45) is 3.38. The first-order valence-corrected chi connectivity index (χ1v) is 6.13. The Bertz CT molecular complexity index is 423. The third-order valence-electron chi connectivity index (χ3n) is 2.75. The minimum atomic E-state index is -0.259. The van der Waals surface area contributed by atoms with Crippen molar-refractivity contribution in [2.45, 2.75) is 32.9 Å². The Morgan fingerprint density at radius 1 is 1.53 bits per heavy atom. The van der Waals surface area contributed by atoms with E-state index < -0.39 is 0 Å². The zero-order valence-electron chi connectivity index (χ0n) is 9.78. The van der Waals surface area contributed by atoms with Crippen molar-refractivity contribution in [2.24, 2.45) is 0 Å². The molecule has 4 nitrogen and oxygen atoms in total. The molecule has 17 heavy (non-hydrogen) atoms. The zero-order valence-corrected chi connectivity index (χ0v) is 10.5. The maximum atomic E-state index is 11.7. The molecule has 0 N–H and O–H groups in total. The van der Waals surface area contributed by atoms with Crippen molar-refractivity contribution >= 4 is 17.7 Å². The van der Waals surface area contributed by atoms with E-state index in [2.05, 4.69) is 11.9 Å². The fourth-order valence-corrected chi connectivity index (χ4v) is 1.96. The largest absolute Gasteiger partial charge is 0.449 e. The number of carbonyl (C=O) groups is 1. The second-order valence-electron chi connectivity index (χ2n) is 4.10. The van der Waals surface area contributed by atoms with Crippen molar-refractivity contribution in [1.82, 2.24) is 9.88 Å². The third-order valence-corrected chi connectivity index (χ3v) is 2.96. The van der Waals surface area contributed by atoms with Crippen LogP contribution in [-0.4, -0.2) is 22.6 Å². The van der Waals surface area contributed by atoms with Gasteiger partial charge in [0.05, 0.1) is 13.2 Å². The number of fused-ring (bicyclic) bond motifs is 1. The first kappa shape index (κ1) is 12.2. The summed E-state index contributed by atoms with van der Waals surface area (Å²) >= 11 is 5.81. The van der Waals surface area contributed by atoms with E-state index in [0.29, 0.717) is 24.8 Å². The lowest BCUT2D eigenvalue weighted by Gasteiger charge is -2.14. The fraction of sp³-hybridized carbons (Fsp3) is 0.500. The zero-order chi connectivity index (χ0) is 12.3. The first-order valence-electron chi connectivity index (χ1n) is 5.75. The van der Waals surface area contributed by atoms with Gasteiger partial charge >= 0.3 is 6.09 Å². The molecule has 0 spiro atoms. The second kappa shape index (κ2) is 5.36. The summed E-state index contributed by atoms with van der Waals surface area (Å²) < 4.78 is 5.16. The van der Waals surface area contributed by atoms with E-state index in [1.807, 2.05) is 0 Å². The molecule has 5 heteroatoms. The fourth-order valence-electron chi connectivity index (χ4n) is 1.78. The molecule has 92 valence electrons. The SMILES string of the molecule is CCCCOC(=O)N1Cc2cnc(Cl)cc2C1. The van der Waals surface area contributed by atoms with E-state index in [1.165, 1.54) is 0 Å². The molecule has 0 fully saturated rings. The molecule has 2 rings (SSSR count). The number of hydrogen-bond acceptors (Lipinski definition) is 3. The highest BCUT2D eigenvalue weighted by atomic mass is 35.5. The van der Waals surface area contributed by atoms with E-state index in [-0.39, 0.29) is 6.09 Å². The average molecular weight is 255 g/mol. The molecule has 0 atom stereocenters. The lowest BCUT2D eigenvalue weighted by atomic mass is 10.2. The Hall–Kier alpha value is -1.29. The van der Waals surface area contributed by atoms with Crippen LogP contribution in [0.1, 0.15) is 30.9 Å². The Kier molecular flexibility index (Phi) is 3.84. The number of unbranched alkanes of at least 4 members (excludes halogenated alkanes) is 1. The number of ether oxygens (including phenoxy) is 1. The second-order valence-corrected chi connectivity index (χ2v) is 4.49. The van der Waals surface area contributed by atoms with Gasteiger partial charge in [0, 0.05) is 12.7 Å². The molecule has 0 aromatic carbocycles. The van der Waals surface area contributed by atoms with E-state index >= 15 is 0 Å². The monoisotopic (exact) mass is 254 g/mol. The Morgan fingerprint density at radius 2 is 2.29 bits per heavy atom. The van der Waals surface area contributed by atoms with E-state index in [0.717, 1.165) is 24.0 Å². The number of pyridine rings is 1. The molecule has 1 aromatic rings. The van der Waals surface area contributed by atoms with Crippen LogP contribution in [0.15, 0.2) is 12.3 Å². The number of hydrogen-bond donors (Lipinski definition) is 0. The summed E-state index contributed by atoms with van der Waals surface area (Å²) in [5.41, 5.74) is 2.10. The van der Waals surface area contributed by atoms with Gasteiger partial charge in [-0.1, -0.05) is 24.9 Å². The van der Waals surface area contributed by atoms with Crippen LogP contribution in [-0.2, 0) is 17.8 Å². The van der Waals surface area contributed by atoms with E-state index in [4.69, 9.17) is 16.3 Å². The number of aromatic nitrogens is 1. The van der Waals surface area contributed by atoms with Crippen LogP contribution in [0.2, 0.25) is 5.15 Å². The van der Waals surface area contributed by atoms with Crippen molar-refractivity contribution in [3.8, 4) is 0 Å². The van der Waals surface area contributed by atoms with Crippen molar-refractivity contribution in [3.63, 3.8) is 0 Å². The molecule has 0 bridgehead atoms. The summed E-state index contributed by atoms with van der Waals surface area (Å²) in [6.45, 7) is 3.67. The van der Waals surface area contributed by atoms with Crippen LogP contribution in [0.25, 0.3) is 0 Å². The van der Waals surface area contributed by atoms with Crippen molar-refractivity contribution in [3.05, 3.63) is 28.5 Å². The molecular weight excluding hydrogens is 240 g/mol. The third kappa shape index (κ3) is 2.88. The summed E-state index contributed by atoms with van der Waals surface area (Å²) in [5, 5.41) is 0.463. The van der Waals surface area contributed by atoms with Gasteiger partial charge in [0.2, 0.25) is 0 Å². The van der Waals surface area contributed by atoms with Crippen LogP contribution >= 0.6 is 11.6 Å². The highest BCUT2D eigenvalue weighted by Gasteiger charge is 2.24. The van der Waals surface area contributed by atoms with Crippen LogP contribution in [0.5, 0.6) is 0 Å². The average Bonchev–Trinajstić information content (AvgIpc) is 2.72. The van der Waals surface area contributed by atoms with Gasteiger partial charge in [0.25, 0.3) is 0 Å². The van der Waals surface area contributed by atoms with Gasteiger partial charge in [-0.15, -0.1) is 0 Å². The normalized spacial score (nSPS) is 13.6.